The number of carbonyl (C=O) groups is 1. The van der Waals surface area contributed by atoms with Crippen molar-refractivity contribution in [1.29, 1.82) is 0 Å². The van der Waals surface area contributed by atoms with Crippen LogP contribution < -0.4 is 4.74 Å². The fraction of sp³-hybridized carbons (Fsp3) is 0.375. The molecule has 1 fully saturated rings. The summed E-state index contributed by atoms with van der Waals surface area (Å²) in [5.74, 6) is 0.706. The fourth-order valence-electron chi connectivity index (χ4n) is 3.75. The molecule has 8 heteroatoms. The number of nitrogens with zero attached hydrogens (tertiary/aromatic N) is 5. The van der Waals surface area contributed by atoms with Crippen molar-refractivity contribution in [2.75, 3.05) is 46.5 Å². The van der Waals surface area contributed by atoms with Crippen LogP contribution in [-0.2, 0) is 11.3 Å². The van der Waals surface area contributed by atoms with E-state index in [2.05, 4.69) is 15.0 Å². The van der Waals surface area contributed by atoms with Gasteiger partial charge >= 0.3 is 0 Å². The number of carbonyl (C=O) groups excluding carboxylic acids is 1. The van der Waals surface area contributed by atoms with Gasteiger partial charge in [0.15, 0.2) is 5.69 Å². The zero-order valence-corrected chi connectivity index (χ0v) is 18.4. The Kier molecular flexibility index (Phi) is 7.47. The van der Waals surface area contributed by atoms with Crippen molar-refractivity contribution in [2.24, 2.45) is 0 Å². The SMILES string of the molecule is COc1ccc(-n2ccc(C(=O)N(CCCN3CCOCC3)Cc3ccncc3)n2)cc1. The van der Waals surface area contributed by atoms with Gasteiger partial charge in [0.05, 0.1) is 26.0 Å². The minimum atomic E-state index is -0.0731. The zero-order chi connectivity index (χ0) is 22.2. The number of amides is 1. The van der Waals surface area contributed by atoms with Crippen molar-refractivity contribution < 1.29 is 14.3 Å². The molecule has 3 heterocycles. The van der Waals surface area contributed by atoms with E-state index in [-0.39, 0.29) is 5.91 Å². The molecular weight excluding hydrogens is 406 g/mol. The molecule has 168 valence electrons. The molecule has 1 aliphatic heterocycles. The van der Waals surface area contributed by atoms with E-state index in [0.29, 0.717) is 18.8 Å². The maximum Gasteiger partial charge on any atom is 0.274 e. The van der Waals surface area contributed by atoms with Gasteiger partial charge in [-0.05, 0) is 54.4 Å². The normalized spacial score (nSPS) is 14.3. The van der Waals surface area contributed by atoms with E-state index in [0.717, 1.165) is 56.3 Å². The Morgan fingerprint density at radius 3 is 2.56 bits per heavy atom. The van der Waals surface area contributed by atoms with Crippen molar-refractivity contribution >= 4 is 5.91 Å². The molecule has 2 aromatic heterocycles. The van der Waals surface area contributed by atoms with Crippen LogP contribution in [0.25, 0.3) is 5.69 Å². The minimum Gasteiger partial charge on any atom is -0.497 e. The Hall–Kier alpha value is -3.23. The first-order chi connectivity index (χ1) is 15.7. The van der Waals surface area contributed by atoms with Gasteiger partial charge in [0.2, 0.25) is 0 Å². The number of benzene rings is 1. The van der Waals surface area contributed by atoms with Crippen molar-refractivity contribution in [3.05, 3.63) is 72.3 Å². The van der Waals surface area contributed by atoms with Crippen molar-refractivity contribution in [3.8, 4) is 11.4 Å². The molecule has 4 rings (SSSR count). The highest BCUT2D eigenvalue weighted by atomic mass is 16.5. The second kappa shape index (κ2) is 10.9. The quantitative estimate of drug-likeness (QED) is 0.515. The third-order valence-electron chi connectivity index (χ3n) is 5.56. The van der Waals surface area contributed by atoms with Gasteiger partial charge in [-0.1, -0.05) is 0 Å². The van der Waals surface area contributed by atoms with E-state index in [1.807, 2.05) is 47.5 Å². The molecule has 0 unspecified atom stereocenters. The van der Waals surface area contributed by atoms with E-state index in [4.69, 9.17) is 9.47 Å². The molecule has 1 aliphatic rings. The second-order valence-corrected chi connectivity index (χ2v) is 7.73. The first kappa shape index (κ1) is 22.0. The van der Waals surface area contributed by atoms with E-state index >= 15 is 0 Å². The summed E-state index contributed by atoms with van der Waals surface area (Å²) < 4.78 is 12.4. The predicted octanol–water partition coefficient (Wildman–Crippen LogP) is 2.64. The van der Waals surface area contributed by atoms with Gasteiger partial charge in [-0.2, -0.15) is 5.10 Å². The molecule has 0 saturated carbocycles. The van der Waals surface area contributed by atoms with E-state index in [9.17, 15) is 4.79 Å². The Morgan fingerprint density at radius 1 is 1.09 bits per heavy atom. The Bertz CT molecular complexity index is 984. The third-order valence-corrected chi connectivity index (χ3v) is 5.56. The maximum absolute atomic E-state index is 13.4. The lowest BCUT2D eigenvalue weighted by Crippen LogP contribution is -2.39. The Balaban J connectivity index is 1.45. The molecule has 3 aromatic rings. The molecular formula is C24H29N5O3. The Labute approximate surface area is 188 Å². The summed E-state index contributed by atoms with van der Waals surface area (Å²) in [4.78, 5) is 21.7. The van der Waals surface area contributed by atoms with Gasteiger partial charge in [0, 0.05) is 51.3 Å². The summed E-state index contributed by atoms with van der Waals surface area (Å²) in [6.07, 6.45) is 6.22. The molecule has 8 nitrogen and oxygen atoms in total. The van der Waals surface area contributed by atoms with Crippen LogP contribution in [0.3, 0.4) is 0 Å². The lowest BCUT2D eigenvalue weighted by molar-refractivity contribution is 0.0355. The molecule has 0 spiro atoms. The maximum atomic E-state index is 13.4. The zero-order valence-electron chi connectivity index (χ0n) is 18.4. The smallest absolute Gasteiger partial charge is 0.274 e. The highest BCUT2D eigenvalue weighted by Gasteiger charge is 2.20. The average Bonchev–Trinajstić information content (AvgIpc) is 3.35. The molecule has 1 saturated heterocycles. The van der Waals surface area contributed by atoms with Crippen molar-refractivity contribution in [1.82, 2.24) is 24.6 Å². The highest BCUT2D eigenvalue weighted by Crippen LogP contribution is 2.16. The van der Waals surface area contributed by atoms with Crippen LogP contribution in [0.15, 0.2) is 61.1 Å². The lowest BCUT2D eigenvalue weighted by atomic mass is 10.2. The van der Waals surface area contributed by atoms with E-state index < -0.39 is 0 Å². The number of ether oxygens (including phenoxy) is 2. The molecule has 0 radical (unpaired) electrons. The molecule has 0 atom stereocenters. The van der Waals surface area contributed by atoms with Gasteiger partial charge in [0.1, 0.15) is 5.75 Å². The largest absolute Gasteiger partial charge is 0.497 e. The summed E-state index contributed by atoms with van der Waals surface area (Å²) in [5.41, 5.74) is 2.36. The van der Waals surface area contributed by atoms with Crippen molar-refractivity contribution in [3.63, 3.8) is 0 Å². The second-order valence-electron chi connectivity index (χ2n) is 7.73. The summed E-state index contributed by atoms with van der Waals surface area (Å²) in [6.45, 7) is 5.59. The summed E-state index contributed by atoms with van der Waals surface area (Å²) in [6, 6.07) is 13.2. The number of hydrogen-bond acceptors (Lipinski definition) is 6. The van der Waals surface area contributed by atoms with Gasteiger partial charge in [-0.15, -0.1) is 0 Å². The highest BCUT2D eigenvalue weighted by molar-refractivity contribution is 5.92. The molecule has 1 amide bonds. The Morgan fingerprint density at radius 2 is 1.84 bits per heavy atom. The van der Waals surface area contributed by atoms with E-state index in [1.54, 1.807) is 30.3 Å². The van der Waals surface area contributed by atoms with Gasteiger partial charge in [0.25, 0.3) is 5.91 Å². The van der Waals surface area contributed by atoms with Crippen LogP contribution in [0, 0.1) is 0 Å². The molecule has 0 N–H and O–H groups in total. The van der Waals surface area contributed by atoms with Crippen LogP contribution in [0.1, 0.15) is 22.5 Å². The number of hydrogen-bond donors (Lipinski definition) is 0. The lowest BCUT2D eigenvalue weighted by Gasteiger charge is -2.28. The van der Waals surface area contributed by atoms with Gasteiger partial charge < -0.3 is 14.4 Å². The number of morpholine rings is 1. The van der Waals surface area contributed by atoms with E-state index in [1.165, 1.54) is 0 Å². The first-order valence-electron chi connectivity index (χ1n) is 10.9. The standard InChI is InChI=1S/C24H29N5O3/c1-31-22-5-3-21(4-6-22)29-14-9-23(26-29)24(30)28(19-20-7-10-25-11-8-20)13-2-12-27-15-17-32-18-16-27/h3-11,14H,2,12-13,15-19H2,1H3. The molecule has 1 aromatic carbocycles. The van der Waals surface area contributed by atoms with Crippen LogP contribution in [-0.4, -0.2) is 77.0 Å². The topological polar surface area (TPSA) is 72.7 Å². The molecule has 0 aliphatic carbocycles. The average molecular weight is 436 g/mol. The summed E-state index contributed by atoms with van der Waals surface area (Å²) >= 11 is 0. The number of pyridine rings is 1. The van der Waals surface area contributed by atoms with Crippen molar-refractivity contribution in [2.45, 2.75) is 13.0 Å². The number of aromatic nitrogens is 3. The molecule has 0 bridgehead atoms. The summed E-state index contributed by atoms with van der Waals surface area (Å²) in [7, 11) is 1.64. The summed E-state index contributed by atoms with van der Waals surface area (Å²) in [5, 5.41) is 4.54. The third kappa shape index (κ3) is 5.72. The molecule has 32 heavy (non-hydrogen) atoms. The predicted molar refractivity (Wildman–Crippen MR) is 121 cm³/mol. The van der Waals surface area contributed by atoms with Crippen LogP contribution in [0.5, 0.6) is 5.75 Å². The van der Waals surface area contributed by atoms with Gasteiger partial charge in [-0.3, -0.25) is 14.7 Å². The van der Waals surface area contributed by atoms with Crippen LogP contribution >= 0.6 is 0 Å². The van der Waals surface area contributed by atoms with Crippen LogP contribution in [0.2, 0.25) is 0 Å². The number of rotatable bonds is 9. The van der Waals surface area contributed by atoms with Gasteiger partial charge in [-0.25, -0.2) is 4.68 Å². The van der Waals surface area contributed by atoms with Crippen LogP contribution in [0.4, 0.5) is 0 Å². The number of methoxy groups -OCH3 is 1. The minimum absolute atomic E-state index is 0.0731. The monoisotopic (exact) mass is 435 g/mol. The first-order valence-corrected chi connectivity index (χ1v) is 10.9. The fourth-order valence-corrected chi connectivity index (χ4v) is 3.75.